The van der Waals surface area contributed by atoms with Crippen molar-refractivity contribution in [2.75, 3.05) is 44.7 Å². The highest BCUT2D eigenvalue weighted by Gasteiger charge is 2.49. The minimum absolute atomic E-state index is 0.00443. The molecule has 0 radical (unpaired) electrons. The van der Waals surface area contributed by atoms with Gasteiger partial charge >= 0.3 is 6.09 Å². The normalized spacial score (nSPS) is 28.0. The largest absolute Gasteiger partial charge is 0.453 e. The number of nitrogens with zero attached hydrogens (tertiary/aromatic N) is 3. The third-order valence-corrected chi connectivity index (χ3v) is 8.75. The zero-order valence-corrected chi connectivity index (χ0v) is 19.7. The number of amides is 2. The second kappa shape index (κ2) is 9.24. The molecule has 3 saturated heterocycles. The van der Waals surface area contributed by atoms with Crippen LogP contribution in [0.3, 0.4) is 0 Å². The molecule has 0 bridgehead atoms. The molecular formula is C26H36FN3O3. The Hall–Kier alpha value is -2.15. The van der Waals surface area contributed by atoms with Crippen molar-refractivity contribution in [2.45, 2.75) is 69.7 Å². The Morgan fingerprint density at radius 1 is 1.00 bits per heavy atom. The van der Waals surface area contributed by atoms with E-state index >= 15 is 4.39 Å². The lowest BCUT2D eigenvalue weighted by atomic mass is 9.77. The van der Waals surface area contributed by atoms with Crippen molar-refractivity contribution >= 4 is 17.7 Å². The zero-order chi connectivity index (χ0) is 23.0. The molecule has 180 valence electrons. The van der Waals surface area contributed by atoms with Crippen LogP contribution in [0.4, 0.5) is 14.9 Å². The number of carbonyl (C=O) groups excluding carboxylic acids is 2. The van der Waals surface area contributed by atoms with E-state index in [0.717, 1.165) is 18.4 Å². The maximum atomic E-state index is 15.3. The Balaban J connectivity index is 1.22. The Morgan fingerprint density at radius 3 is 2.30 bits per heavy atom. The van der Waals surface area contributed by atoms with E-state index in [2.05, 4.69) is 4.90 Å². The van der Waals surface area contributed by atoms with Gasteiger partial charge in [-0.25, -0.2) is 9.18 Å². The molecule has 33 heavy (non-hydrogen) atoms. The first-order valence-corrected chi connectivity index (χ1v) is 12.7. The van der Waals surface area contributed by atoms with Gasteiger partial charge in [0.2, 0.25) is 5.91 Å². The first-order chi connectivity index (χ1) is 16.0. The van der Waals surface area contributed by atoms with Crippen LogP contribution in [0.2, 0.25) is 0 Å². The average molecular weight is 458 g/mol. The number of rotatable bonds is 3. The minimum atomic E-state index is -0.483. The fourth-order valence-electron chi connectivity index (χ4n) is 6.64. The van der Waals surface area contributed by atoms with E-state index in [9.17, 15) is 9.59 Å². The Morgan fingerprint density at radius 2 is 1.67 bits per heavy atom. The average Bonchev–Trinajstić information content (AvgIpc) is 3.49. The van der Waals surface area contributed by atoms with Gasteiger partial charge in [0, 0.05) is 25.7 Å². The highest BCUT2D eigenvalue weighted by atomic mass is 19.1. The smallest absolute Gasteiger partial charge is 0.409 e. The molecule has 7 heteroatoms. The van der Waals surface area contributed by atoms with Crippen molar-refractivity contribution in [1.82, 2.24) is 9.80 Å². The van der Waals surface area contributed by atoms with Crippen LogP contribution in [0.1, 0.15) is 69.3 Å². The molecule has 3 heterocycles. The molecule has 1 spiro atoms. The molecule has 4 fully saturated rings. The second-order valence-electron chi connectivity index (χ2n) is 10.4. The van der Waals surface area contributed by atoms with Crippen molar-refractivity contribution < 1.29 is 18.7 Å². The molecule has 3 aliphatic heterocycles. The number of halogens is 1. The number of likely N-dealkylation sites (tertiary alicyclic amines) is 2. The summed E-state index contributed by atoms with van der Waals surface area (Å²) in [4.78, 5) is 31.1. The molecule has 0 N–H and O–H groups in total. The van der Waals surface area contributed by atoms with E-state index in [1.807, 2.05) is 12.1 Å². The molecule has 1 aromatic rings. The lowest BCUT2D eigenvalue weighted by Crippen LogP contribution is -2.46. The van der Waals surface area contributed by atoms with Crippen molar-refractivity contribution in [1.29, 1.82) is 0 Å². The first kappa shape index (κ1) is 22.6. The molecular weight excluding hydrogens is 421 g/mol. The minimum Gasteiger partial charge on any atom is -0.453 e. The van der Waals surface area contributed by atoms with Crippen LogP contribution in [0.25, 0.3) is 0 Å². The third-order valence-electron chi connectivity index (χ3n) is 8.75. The number of hydrogen-bond acceptors (Lipinski definition) is 4. The summed E-state index contributed by atoms with van der Waals surface area (Å²) in [7, 11) is 1.38. The van der Waals surface area contributed by atoms with Crippen molar-refractivity contribution in [3.63, 3.8) is 0 Å². The maximum absolute atomic E-state index is 15.3. The van der Waals surface area contributed by atoms with Crippen LogP contribution < -0.4 is 4.90 Å². The highest BCUT2D eigenvalue weighted by Crippen LogP contribution is 2.44. The fourth-order valence-corrected chi connectivity index (χ4v) is 6.64. The third kappa shape index (κ3) is 4.25. The van der Waals surface area contributed by atoms with E-state index in [0.29, 0.717) is 56.5 Å². The zero-order valence-electron chi connectivity index (χ0n) is 19.7. The first-order valence-electron chi connectivity index (χ1n) is 12.7. The highest BCUT2D eigenvalue weighted by molar-refractivity contribution is 6.00. The van der Waals surface area contributed by atoms with Crippen molar-refractivity contribution in [2.24, 2.45) is 5.41 Å². The maximum Gasteiger partial charge on any atom is 0.409 e. The van der Waals surface area contributed by atoms with Crippen molar-refractivity contribution in [3.05, 3.63) is 29.6 Å². The lowest BCUT2D eigenvalue weighted by molar-refractivity contribution is -0.127. The van der Waals surface area contributed by atoms with Crippen molar-refractivity contribution in [3.8, 4) is 0 Å². The van der Waals surface area contributed by atoms with Gasteiger partial charge in [0.1, 0.15) is 5.82 Å². The molecule has 5 rings (SSSR count). The van der Waals surface area contributed by atoms with Gasteiger partial charge in [0.05, 0.1) is 18.2 Å². The predicted molar refractivity (Wildman–Crippen MR) is 125 cm³/mol. The summed E-state index contributed by atoms with van der Waals surface area (Å²) < 4.78 is 20.1. The van der Waals surface area contributed by atoms with Crippen LogP contribution in [0.5, 0.6) is 0 Å². The molecule has 4 aliphatic rings. The molecule has 6 nitrogen and oxygen atoms in total. The summed E-state index contributed by atoms with van der Waals surface area (Å²) in [6.45, 7) is 4.03. The summed E-state index contributed by atoms with van der Waals surface area (Å²) in [6, 6.07) is 6.24. The van der Waals surface area contributed by atoms with Gasteiger partial charge < -0.3 is 19.4 Å². The predicted octanol–water partition coefficient (Wildman–Crippen LogP) is 4.53. The van der Waals surface area contributed by atoms with Gasteiger partial charge in [-0.15, -0.1) is 0 Å². The molecule has 0 atom stereocenters. The van der Waals surface area contributed by atoms with Crippen LogP contribution in [0, 0.1) is 11.2 Å². The summed E-state index contributed by atoms with van der Waals surface area (Å²) in [5.74, 6) is 0.132. The molecule has 1 saturated carbocycles. The molecule has 2 amide bonds. The Bertz CT molecular complexity index is 885. The number of piperidine rings is 1. The van der Waals surface area contributed by atoms with Gasteiger partial charge in [-0.2, -0.15) is 0 Å². The summed E-state index contributed by atoms with van der Waals surface area (Å²) in [6.07, 6.45) is 8.86. The van der Waals surface area contributed by atoms with Gasteiger partial charge in [-0.3, -0.25) is 4.79 Å². The summed E-state index contributed by atoms with van der Waals surface area (Å²) in [5.41, 5.74) is 0.995. The van der Waals surface area contributed by atoms with Crippen LogP contribution in [-0.2, 0) is 9.53 Å². The topological polar surface area (TPSA) is 53.1 Å². The van der Waals surface area contributed by atoms with E-state index in [1.165, 1.54) is 45.9 Å². The summed E-state index contributed by atoms with van der Waals surface area (Å²) in [5, 5.41) is 0. The molecule has 1 aliphatic carbocycles. The second-order valence-corrected chi connectivity index (χ2v) is 10.4. The lowest BCUT2D eigenvalue weighted by Gasteiger charge is -2.37. The standard InChI is InChI=1S/C26H36FN3O3/c1-33-25(32)29-15-10-26(11-16-29)12-17-30(24(26)31)23-9-6-20(18-22(23)27)19-4-7-21(8-5-19)28-13-2-3-14-28/h6,9,18-19,21H,2-5,7-8,10-17H2,1H3. The van der Waals surface area contributed by atoms with E-state index < -0.39 is 5.41 Å². The van der Waals surface area contributed by atoms with E-state index in [1.54, 1.807) is 15.9 Å². The molecule has 0 aromatic heterocycles. The number of ether oxygens (including phenoxy) is 1. The SMILES string of the molecule is COC(=O)N1CCC2(CC1)CCN(c1ccc(C3CCC(N4CCCC4)CC3)cc1F)C2=O. The van der Waals surface area contributed by atoms with Gasteiger partial charge in [-0.1, -0.05) is 6.07 Å². The number of benzene rings is 1. The van der Waals surface area contributed by atoms with Crippen LogP contribution in [0.15, 0.2) is 18.2 Å². The van der Waals surface area contributed by atoms with Gasteiger partial charge in [0.15, 0.2) is 0 Å². The monoisotopic (exact) mass is 457 g/mol. The van der Waals surface area contributed by atoms with E-state index in [-0.39, 0.29) is 17.8 Å². The number of anilines is 1. The fraction of sp³-hybridized carbons (Fsp3) is 0.692. The van der Waals surface area contributed by atoms with Crippen LogP contribution >= 0.6 is 0 Å². The van der Waals surface area contributed by atoms with Gasteiger partial charge in [0.25, 0.3) is 0 Å². The number of carbonyl (C=O) groups is 2. The number of methoxy groups -OCH3 is 1. The summed E-state index contributed by atoms with van der Waals surface area (Å²) >= 11 is 0. The quantitative estimate of drug-likeness (QED) is 0.669. The van der Waals surface area contributed by atoms with Crippen LogP contribution in [-0.4, -0.2) is 67.7 Å². The molecule has 0 unspecified atom stereocenters. The van der Waals surface area contributed by atoms with E-state index in [4.69, 9.17) is 4.74 Å². The molecule has 1 aromatic carbocycles. The van der Waals surface area contributed by atoms with Gasteiger partial charge in [-0.05, 0) is 94.5 Å². The Kier molecular flexibility index (Phi) is 6.34. The number of hydrogen-bond donors (Lipinski definition) is 0. The Labute approximate surface area is 196 Å².